The van der Waals surface area contributed by atoms with E-state index in [1.165, 1.54) is 31.4 Å². The Morgan fingerprint density at radius 1 is 1.20 bits per heavy atom. The molecule has 0 aromatic heterocycles. The van der Waals surface area contributed by atoms with Crippen LogP contribution in [-0.2, 0) is 0 Å². The molecule has 0 amide bonds. The summed E-state index contributed by atoms with van der Waals surface area (Å²) in [5.74, 6) is 0.770. The molecule has 0 saturated carbocycles. The molecule has 15 heavy (non-hydrogen) atoms. The standard InChI is InChI=1S/C14H21N/c1-12-11-14(9-6-10-15(12)2)13-7-4-3-5-8-13/h3-5,7-8,12,14H,6,9-11H2,1-2H3. The summed E-state index contributed by atoms with van der Waals surface area (Å²) in [6.45, 7) is 3.60. The molecule has 0 aliphatic carbocycles. The highest BCUT2D eigenvalue weighted by Gasteiger charge is 2.21. The van der Waals surface area contributed by atoms with E-state index >= 15 is 0 Å². The summed E-state index contributed by atoms with van der Waals surface area (Å²) in [5.41, 5.74) is 1.53. The number of rotatable bonds is 1. The molecule has 1 saturated heterocycles. The average molecular weight is 203 g/mol. The van der Waals surface area contributed by atoms with Crippen molar-refractivity contribution in [2.75, 3.05) is 13.6 Å². The van der Waals surface area contributed by atoms with Crippen molar-refractivity contribution in [2.24, 2.45) is 0 Å². The van der Waals surface area contributed by atoms with Crippen LogP contribution in [0.4, 0.5) is 0 Å². The fourth-order valence-corrected chi connectivity index (χ4v) is 2.54. The predicted molar refractivity (Wildman–Crippen MR) is 65.1 cm³/mol. The molecule has 0 bridgehead atoms. The maximum atomic E-state index is 2.49. The highest BCUT2D eigenvalue weighted by Crippen LogP contribution is 2.30. The molecule has 1 aliphatic rings. The van der Waals surface area contributed by atoms with Crippen molar-refractivity contribution in [3.05, 3.63) is 35.9 Å². The molecule has 2 atom stereocenters. The van der Waals surface area contributed by atoms with Gasteiger partial charge in [0.1, 0.15) is 0 Å². The van der Waals surface area contributed by atoms with E-state index in [-0.39, 0.29) is 0 Å². The summed E-state index contributed by atoms with van der Waals surface area (Å²) in [4.78, 5) is 2.49. The van der Waals surface area contributed by atoms with Crippen molar-refractivity contribution in [3.63, 3.8) is 0 Å². The topological polar surface area (TPSA) is 3.24 Å². The molecule has 1 aromatic rings. The largest absolute Gasteiger partial charge is 0.304 e. The Morgan fingerprint density at radius 2 is 1.93 bits per heavy atom. The number of hydrogen-bond donors (Lipinski definition) is 0. The second kappa shape index (κ2) is 4.80. The van der Waals surface area contributed by atoms with E-state index in [4.69, 9.17) is 0 Å². The Morgan fingerprint density at radius 3 is 2.67 bits per heavy atom. The zero-order valence-corrected chi connectivity index (χ0v) is 9.82. The van der Waals surface area contributed by atoms with Gasteiger partial charge in [-0.05, 0) is 51.3 Å². The average Bonchev–Trinajstić information content (AvgIpc) is 2.43. The first-order valence-electron chi connectivity index (χ1n) is 6.02. The quantitative estimate of drug-likeness (QED) is 0.677. The molecule has 0 radical (unpaired) electrons. The van der Waals surface area contributed by atoms with E-state index in [0.717, 1.165) is 12.0 Å². The van der Waals surface area contributed by atoms with Crippen molar-refractivity contribution in [1.82, 2.24) is 4.90 Å². The summed E-state index contributed by atoms with van der Waals surface area (Å²) in [6, 6.07) is 11.7. The normalized spacial score (nSPS) is 28.7. The van der Waals surface area contributed by atoms with Crippen LogP contribution < -0.4 is 0 Å². The van der Waals surface area contributed by atoms with Gasteiger partial charge in [-0.1, -0.05) is 30.3 Å². The molecule has 0 spiro atoms. The van der Waals surface area contributed by atoms with E-state index in [0.29, 0.717) is 0 Å². The Hall–Kier alpha value is -0.820. The molecule has 2 rings (SSSR count). The lowest BCUT2D eigenvalue weighted by molar-refractivity contribution is 0.260. The van der Waals surface area contributed by atoms with Crippen LogP contribution in [0.1, 0.15) is 37.7 Å². The Balaban J connectivity index is 2.10. The summed E-state index contributed by atoms with van der Waals surface area (Å²) in [7, 11) is 2.25. The number of benzene rings is 1. The maximum absolute atomic E-state index is 2.49. The lowest BCUT2D eigenvalue weighted by atomic mass is 9.90. The van der Waals surface area contributed by atoms with Crippen molar-refractivity contribution < 1.29 is 0 Å². The zero-order chi connectivity index (χ0) is 10.7. The second-order valence-corrected chi connectivity index (χ2v) is 4.82. The Bertz CT molecular complexity index is 293. The maximum Gasteiger partial charge on any atom is 0.00697 e. The molecule has 1 aromatic carbocycles. The first-order chi connectivity index (χ1) is 7.27. The van der Waals surface area contributed by atoms with Gasteiger partial charge in [-0.2, -0.15) is 0 Å². The smallest absolute Gasteiger partial charge is 0.00697 e. The van der Waals surface area contributed by atoms with Crippen LogP contribution in [0.3, 0.4) is 0 Å². The highest BCUT2D eigenvalue weighted by atomic mass is 15.1. The van der Waals surface area contributed by atoms with Crippen LogP contribution in [0.2, 0.25) is 0 Å². The molecule has 1 heteroatoms. The number of nitrogens with zero attached hydrogens (tertiary/aromatic N) is 1. The number of likely N-dealkylation sites (tertiary alicyclic amines) is 1. The van der Waals surface area contributed by atoms with Crippen LogP contribution >= 0.6 is 0 Å². The molecule has 2 unspecified atom stereocenters. The van der Waals surface area contributed by atoms with Crippen LogP contribution in [0.25, 0.3) is 0 Å². The Labute approximate surface area is 93.1 Å². The summed E-state index contributed by atoms with van der Waals surface area (Å²) in [6.07, 6.45) is 3.99. The van der Waals surface area contributed by atoms with Gasteiger partial charge in [0.05, 0.1) is 0 Å². The van der Waals surface area contributed by atoms with E-state index < -0.39 is 0 Å². The van der Waals surface area contributed by atoms with Crippen LogP contribution in [0.5, 0.6) is 0 Å². The molecule has 1 heterocycles. The summed E-state index contributed by atoms with van der Waals surface area (Å²) < 4.78 is 0. The second-order valence-electron chi connectivity index (χ2n) is 4.82. The van der Waals surface area contributed by atoms with E-state index in [1.807, 2.05) is 0 Å². The van der Waals surface area contributed by atoms with Gasteiger partial charge in [-0.15, -0.1) is 0 Å². The predicted octanol–water partition coefficient (Wildman–Crippen LogP) is 3.27. The van der Waals surface area contributed by atoms with E-state index in [9.17, 15) is 0 Å². The van der Waals surface area contributed by atoms with Crippen LogP contribution in [0, 0.1) is 0 Å². The van der Waals surface area contributed by atoms with Gasteiger partial charge in [-0.25, -0.2) is 0 Å². The first kappa shape index (κ1) is 10.7. The van der Waals surface area contributed by atoms with Crippen LogP contribution in [0.15, 0.2) is 30.3 Å². The van der Waals surface area contributed by atoms with Crippen molar-refractivity contribution in [1.29, 1.82) is 0 Å². The van der Waals surface area contributed by atoms with Gasteiger partial charge in [-0.3, -0.25) is 0 Å². The van der Waals surface area contributed by atoms with Gasteiger partial charge >= 0.3 is 0 Å². The SMILES string of the molecule is CC1CC(c2ccccc2)CCCN1C. The van der Waals surface area contributed by atoms with Crippen molar-refractivity contribution >= 4 is 0 Å². The molecule has 1 fully saturated rings. The third-order valence-electron chi connectivity index (χ3n) is 3.71. The summed E-state index contributed by atoms with van der Waals surface area (Å²) in [5, 5.41) is 0. The minimum Gasteiger partial charge on any atom is -0.304 e. The van der Waals surface area contributed by atoms with Gasteiger partial charge < -0.3 is 4.90 Å². The monoisotopic (exact) mass is 203 g/mol. The van der Waals surface area contributed by atoms with Gasteiger partial charge in [0.15, 0.2) is 0 Å². The molecule has 1 aliphatic heterocycles. The fraction of sp³-hybridized carbons (Fsp3) is 0.571. The van der Waals surface area contributed by atoms with Crippen molar-refractivity contribution in [3.8, 4) is 0 Å². The van der Waals surface area contributed by atoms with Gasteiger partial charge in [0.2, 0.25) is 0 Å². The molecular weight excluding hydrogens is 182 g/mol. The van der Waals surface area contributed by atoms with Crippen LogP contribution in [-0.4, -0.2) is 24.5 Å². The molecule has 0 N–H and O–H groups in total. The van der Waals surface area contributed by atoms with Gasteiger partial charge in [0.25, 0.3) is 0 Å². The molecule has 1 nitrogen and oxygen atoms in total. The first-order valence-corrected chi connectivity index (χ1v) is 6.02. The van der Waals surface area contributed by atoms with E-state index in [1.54, 1.807) is 0 Å². The minimum atomic E-state index is 0.720. The van der Waals surface area contributed by atoms with Gasteiger partial charge in [0, 0.05) is 6.04 Å². The van der Waals surface area contributed by atoms with Crippen molar-refractivity contribution in [2.45, 2.75) is 38.1 Å². The summed E-state index contributed by atoms with van der Waals surface area (Å²) >= 11 is 0. The fourth-order valence-electron chi connectivity index (χ4n) is 2.54. The third-order valence-corrected chi connectivity index (χ3v) is 3.71. The Kier molecular flexibility index (Phi) is 3.42. The highest BCUT2D eigenvalue weighted by molar-refractivity contribution is 5.19. The molecular formula is C14H21N. The molecule has 82 valence electrons. The zero-order valence-electron chi connectivity index (χ0n) is 9.82. The third kappa shape index (κ3) is 2.60. The van der Waals surface area contributed by atoms with E-state index in [2.05, 4.69) is 49.2 Å². The minimum absolute atomic E-state index is 0.720. The lowest BCUT2D eigenvalue weighted by Gasteiger charge is -2.23. The lowest BCUT2D eigenvalue weighted by Crippen LogP contribution is -2.28. The number of hydrogen-bond acceptors (Lipinski definition) is 1.